The van der Waals surface area contributed by atoms with E-state index in [9.17, 15) is 9.18 Å². The molecular formula is C22H24FN5O2. The number of pyridine rings is 2. The number of amides is 1. The van der Waals surface area contributed by atoms with Crippen molar-refractivity contribution in [2.45, 2.75) is 44.7 Å². The summed E-state index contributed by atoms with van der Waals surface area (Å²) in [5, 5.41) is 3.83. The van der Waals surface area contributed by atoms with Crippen LogP contribution in [-0.4, -0.2) is 51.1 Å². The molecule has 2 aliphatic rings. The Hall–Kier alpha value is -2.87. The molecule has 7 nitrogen and oxygen atoms in total. The van der Waals surface area contributed by atoms with Crippen molar-refractivity contribution in [3.8, 4) is 11.5 Å². The second kappa shape index (κ2) is 7.75. The Kier molecular flexibility index (Phi) is 4.94. The SMILES string of the molecule is Cc1ncc(-c2ccc3cnc(NC(=O)C4CCC(N5CC5CF)CC4)cc3n2)o1. The Morgan fingerprint density at radius 2 is 2.07 bits per heavy atom. The van der Waals surface area contributed by atoms with Crippen LogP contribution in [0.15, 0.2) is 35.0 Å². The van der Waals surface area contributed by atoms with Crippen LogP contribution < -0.4 is 5.32 Å². The van der Waals surface area contributed by atoms with E-state index < -0.39 is 0 Å². The monoisotopic (exact) mass is 409 g/mol. The maximum Gasteiger partial charge on any atom is 0.228 e. The number of nitrogens with one attached hydrogen (secondary N) is 1. The van der Waals surface area contributed by atoms with Crippen LogP contribution in [0.4, 0.5) is 10.2 Å². The smallest absolute Gasteiger partial charge is 0.228 e. The lowest BCUT2D eigenvalue weighted by atomic mass is 9.85. The van der Waals surface area contributed by atoms with Crippen LogP contribution in [-0.2, 0) is 4.79 Å². The number of hydrogen-bond acceptors (Lipinski definition) is 6. The fourth-order valence-electron chi connectivity index (χ4n) is 4.38. The Balaban J connectivity index is 1.25. The first-order valence-corrected chi connectivity index (χ1v) is 10.4. The van der Waals surface area contributed by atoms with Gasteiger partial charge >= 0.3 is 0 Å². The summed E-state index contributed by atoms with van der Waals surface area (Å²) in [4.78, 5) is 28.1. The third kappa shape index (κ3) is 3.79. The van der Waals surface area contributed by atoms with Gasteiger partial charge in [-0.3, -0.25) is 9.69 Å². The normalized spacial score (nSPS) is 25.9. The number of oxazole rings is 1. The van der Waals surface area contributed by atoms with Crippen LogP contribution in [0.1, 0.15) is 31.6 Å². The first kappa shape index (κ1) is 19.1. The number of hydrogen-bond donors (Lipinski definition) is 1. The first-order chi connectivity index (χ1) is 14.6. The molecule has 3 aromatic heterocycles. The zero-order valence-corrected chi connectivity index (χ0v) is 16.8. The number of carbonyl (C=O) groups excluding carboxylic acids is 1. The summed E-state index contributed by atoms with van der Waals surface area (Å²) in [6.45, 7) is 2.39. The lowest BCUT2D eigenvalue weighted by Gasteiger charge is -2.28. The largest absolute Gasteiger partial charge is 0.439 e. The van der Waals surface area contributed by atoms with Crippen molar-refractivity contribution < 1.29 is 13.6 Å². The molecular weight excluding hydrogens is 385 g/mol. The van der Waals surface area contributed by atoms with Crippen molar-refractivity contribution >= 4 is 22.6 Å². The first-order valence-electron chi connectivity index (χ1n) is 10.4. The molecule has 8 heteroatoms. The average Bonchev–Trinajstić information content (AvgIpc) is 3.44. The van der Waals surface area contributed by atoms with Crippen LogP contribution in [0.3, 0.4) is 0 Å². The van der Waals surface area contributed by atoms with E-state index >= 15 is 0 Å². The fraction of sp³-hybridized carbons (Fsp3) is 0.455. The van der Waals surface area contributed by atoms with Gasteiger partial charge in [-0.05, 0) is 37.8 Å². The van der Waals surface area contributed by atoms with Crippen molar-refractivity contribution in [1.29, 1.82) is 0 Å². The van der Waals surface area contributed by atoms with Crippen molar-refractivity contribution in [1.82, 2.24) is 19.9 Å². The Morgan fingerprint density at radius 1 is 1.23 bits per heavy atom. The summed E-state index contributed by atoms with van der Waals surface area (Å²) in [6, 6.07) is 6.11. The van der Waals surface area contributed by atoms with Crippen LogP contribution >= 0.6 is 0 Å². The fourth-order valence-corrected chi connectivity index (χ4v) is 4.38. The lowest BCUT2D eigenvalue weighted by Crippen LogP contribution is -2.32. The zero-order chi connectivity index (χ0) is 20.7. The van der Waals surface area contributed by atoms with Crippen LogP contribution in [0.2, 0.25) is 0 Å². The second-order valence-electron chi connectivity index (χ2n) is 8.20. The minimum atomic E-state index is -0.264. The van der Waals surface area contributed by atoms with Crippen LogP contribution in [0.5, 0.6) is 0 Å². The highest BCUT2D eigenvalue weighted by Crippen LogP contribution is 2.34. The Labute approximate surface area is 173 Å². The number of fused-ring (bicyclic) bond motifs is 1. The molecule has 1 amide bonds. The van der Waals surface area contributed by atoms with Gasteiger partial charge in [-0.25, -0.2) is 19.3 Å². The van der Waals surface area contributed by atoms with Gasteiger partial charge in [0.25, 0.3) is 0 Å². The molecule has 0 bridgehead atoms. The zero-order valence-electron chi connectivity index (χ0n) is 16.8. The molecule has 5 rings (SSSR count). The standard InChI is InChI=1S/C22H24FN5O2/c1-13-24-11-20(30-13)18-7-4-15-10-25-21(8-19(15)26-18)27-22(29)14-2-5-16(6-3-14)28-12-17(28)9-23/h4,7-8,10-11,14,16-17H,2-3,5-6,9,12H2,1H3,(H,25,27,29). The molecule has 1 aliphatic heterocycles. The summed E-state index contributed by atoms with van der Waals surface area (Å²) < 4.78 is 18.3. The maximum atomic E-state index is 12.7. The van der Waals surface area contributed by atoms with Gasteiger partial charge in [-0.15, -0.1) is 0 Å². The quantitative estimate of drug-likeness (QED) is 0.646. The van der Waals surface area contributed by atoms with Gasteiger partial charge in [0.05, 0.1) is 17.8 Å². The van der Waals surface area contributed by atoms with E-state index in [1.54, 1.807) is 25.4 Å². The van der Waals surface area contributed by atoms with E-state index in [1.165, 1.54) is 0 Å². The molecule has 1 aliphatic carbocycles. The van der Waals surface area contributed by atoms with E-state index in [2.05, 4.69) is 25.2 Å². The number of aryl methyl sites for hydroxylation is 1. The number of carbonyl (C=O) groups is 1. The summed E-state index contributed by atoms with van der Waals surface area (Å²) in [5.41, 5.74) is 1.42. The highest BCUT2D eigenvalue weighted by atomic mass is 19.1. The minimum Gasteiger partial charge on any atom is -0.439 e. The summed E-state index contributed by atoms with van der Waals surface area (Å²) in [6.07, 6.45) is 6.90. The van der Waals surface area contributed by atoms with E-state index in [4.69, 9.17) is 4.42 Å². The molecule has 0 spiro atoms. The molecule has 0 aromatic carbocycles. The van der Waals surface area contributed by atoms with Gasteiger partial charge in [0.15, 0.2) is 11.7 Å². The molecule has 2 unspecified atom stereocenters. The highest BCUT2D eigenvalue weighted by molar-refractivity contribution is 5.93. The van der Waals surface area contributed by atoms with Gasteiger partial charge in [0, 0.05) is 43.1 Å². The number of aromatic nitrogens is 3. The second-order valence-corrected chi connectivity index (χ2v) is 8.20. The number of alkyl halides is 1. The third-order valence-electron chi connectivity index (χ3n) is 6.17. The van der Waals surface area contributed by atoms with Gasteiger partial charge in [0.2, 0.25) is 5.91 Å². The van der Waals surface area contributed by atoms with Crippen molar-refractivity contribution in [3.63, 3.8) is 0 Å². The van der Waals surface area contributed by atoms with Gasteiger partial charge < -0.3 is 9.73 Å². The number of rotatable bonds is 5. The highest BCUT2D eigenvalue weighted by Gasteiger charge is 2.41. The molecule has 0 radical (unpaired) electrons. The van der Waals surface area contributed by atoms with E-state index in [0.717, 1.165) is 43.1 Å². The van der Waals surface area contributed by atoms with Gasteiger partial charge in [-0.1, -0.05) is 0 Å². The molecule has 2 atom stereocenters. The third-order valence-corrected chi connectivity index (χ3v) is 6.17. The molecule has 3 aromatic rings. The van der Waals surface area contributed by atoms with E-state index in [1.807, 2.05) is 12.1 Å². The summed E-state index contributed by atoms with van der Waals surface area (Å²) in [5.74, 6) is 1.66. The molecule has 30 heavy (non-hydrogen) atoms. The molecule has 4 heterocycles. The van der Waals surface area contributed by atoms with Crippen LogP contribution in [0.25, 0.3) is 22.4 Å². The van der Waals surface area contributed by atoms with Gasteiger partial charge in [0.1, 0.15) is 18.2 Å². The van der Waals surface area contributed by atoms with Crippen molar-refractivity contribution in [2.24, 2.45) is 5.92 Å². The maximum absolute atomic E-state index is 12.7. The minimum absolute atomic E-state index is 0.00449. The number of anilines is 1. The molecule has 1 saturated carbocycles. The van der Waals surface area contributed by atoms with E-state index in [-0.39, 0.29) is 24.5 Å². The van der Waals surface area contributed by atoms with Crippen molar-refractivity contribution in [3.05, 3.63) is 36.5 Å². The lowest BCUT2D eigenvalue weighted by molar-refractivity contribution is -0.121. The molecule has 2 fully saturated rings. The Bertz CT molecular complexity index is 1080. The van der Waals surface area contributed by atoms with E-state index in [0.29, 0.717) is 29.2 Å². The van der Waals surface area contributed by atoms with Gasteiger partial charge in [-0.2, -0.15) is 0 Å². The predicted molar refractivity (Wildman–Crippen MR) is 111 cm³/mol. The Morgan fingerprint density at radius 3 is 2.77 bits per heavy atom. The summed E-state index contributed by atoms with van der Waals surface area (Å²) >= 11 is 0. The van der Waals surface area contributed by atoms with Crippen LogP contribution in [0, 0.1) is 12.8 Å². The van der Waals surface area contributed by atoms with Crippen molar-refractivity contribution in [2.75, 3.05) is 18.5 Å². The molecule has 156 valence electrons. The number of halogens is 1. The topological polar surface area (TPSA) is 83.9 Å². The average molecular weight is 409 g/mol. The molecule has 1 saturated heterocycles. The summed E-state index contributed by atoms with van der Waals surface area (Å²) in [7, 11) is 0. The number of nitrogens with zero attached hydrogens (tertiary/aromatic N) is 4. The predicted octanol–water partition coefficient (Wildman–Crippen LogP) is 3.74. The molecule has 1 N–H and O–H groups in total.